The largest absolute Gasteiger partial charge is 0.467 e. The molecule has 1 N–H and O–H groups in total. The van der Waals surface area contributed by atoms with E-state index >= 15 is 0 Å². The van der Waals surface area contributed by atoms with Gasteiger partial charge in [-0.2, -0.15) is 5.26 Å². The van der Waals surface area contributed by atoms with Gasteiger partial charge >= 0.3 is 5.97 Å². The van der Waals surface area contributed by atoms with Crippen LogP contribution in [0.5, 0.6) is 0 Å². The molecule has 22 heavy (non-hydrogen) atoms. The lowest BCUT2D eigenvalue weighted by molar-refractivity contribution is -0.140. The monoisotopic (exact) mass is 306 g/mol. The van der Waals surface area contributed by atoms with Gasteiger partial charge in [0.2, 0.25) is 0 Å². The van der Waals surface area contributed by atoms with E-state index in [1.807, 2.05) is 26.0 Å². The minimum absolute atomic E-state index is 0.00454. The van der Waals surface area contributed by atoms with Crippen molar-refractivity contribution in [2.24, 2.45) is 0 Å². The first-order valence-electron chi connectivity index (χ1n) is 7.37. The molecule has 0 radical (unpaired) electrons. The van der Waals surface area contributed by atoms with E-state index in [1.165, 1.54) is 0 Å². The molecule has 0 spiro atoms. The minimum Gasteiger partial charge on any atom is -0.467 e. The van der Waals surface area contributed by atoms with Gasteiger partial charge in [-0.3, -0.25) is 0 Å². The third kappa shape index (κ3) is 6.02. The topological polar surface area (TPSA) is 84.5 Å². The van der Waals surface area contributed by atoms with Crippen molar-refractivity contribution in [3.8, 4) is 6.07 Å². The van der Waals surface area contributed by atoms with Crippen molar-refractivity contribution >= 4 is 5.97 Å². The van der Waals surface area contributed by atoms with Crippen molar-refractivity contribution in [2.75, 3.05) is 19.8 Å². The van der Waals surface area contributed by atoms with E-state index in [0.29, 0.717) is 31.9 Å². The second kappa shape index (κ2) is 10.5. The number of carbonyl (C=O) groups excluding carboxylic acids is 1. The highest BCUT2D eigenvalue weighted by molar-refractivity contribution is 5.93. The molecule has 120 valence electrons. The van der Waals surface area contributed by atoms with Crippen molar-refractivity contribution in [1.82, 2.24) is 5.32 Å². The average molecular weight is 306 g/mol. The first-order chi connectivity index (χ1) is 10.7. The molecule has 6 nitrogen and oxygen atoms in total. The number of nitrogens with zero attached hydrogens (tertiary/aromatic N) is 1. The summed E-state index contributed by atoms with van der Waals surface area (Å²) >= 11 is 0. The fraction of sp³-hybridized carbons (Fsp3) is 0.500. The van der Waals surface area contributed by atoms with E-state index in [0.717, 1.165) is 12.2 Å². The van der Waals surface area contributed by atoms with Gasteiger partial charge in [0, 0.05) is 12.3 Å². The third-order valence-electron chi connectivity index (χ3n) is 2.84. The molecule has 0 aliphatic heterocycles. The Kier molecular flexibility index (Phi) is 8.46. The molecule has 0 aliphatic rings. The number of hydrogen-bond acceptors (Lipinski definition) is 6. The first-order valence-corrected chi connectivity index (χ1v) is 7.37. The van der Waals surface area contributed by atoms with Crippen LogP contribution in [0.15, 0.2) is 34.1 Å². The molecule has 0 saturated heterocycles. The van der Waals surface area contributed by atoms with Gasteiger partial charge in [-0.25, -0.2) is 4.79 Å². The molecular formula is C16H22N2O4. The van der Waals surface area contributed by atoms with Gasteiger partial charge in [0.15, 0.2) is 5.57 Å². The Morgan fingerprint density at radius 3 is 2.82 bits per heavy atom. The van der Waals surface area contributed by atoms with E-state index < -0.39 is 5.97 Å². The zero-order chi connectivity index (χ0) is 16.2. The highest BCUT2D eigenvalue weighted by Gasteiger charge is 2.16. The van der Waals surface area contributed by atoms with E-state index in [4.69, 9.17) is 13.9 Å². The molecule has 0 amide bonds. The van der Waals surface area contributed by atoms with Crippen molar-refractivity contribution < 1.29 is 18.7 Å². The number of nitrogens with one attached hydrogen (secondary N) is 1. The Hall–Kier alpha value is -2.26. The Bertz CT molecular complexity index is 515. The normalized spacial score (nSPS) is 11.5. The van der Waals surface area contributed by atoms with E-state index in [9.17, 15) is 10.1 Å². The molecule has 1 aromatic heterocycles. The average Bonchev–Trinajstić information content (AvgIpc) is 3.03. The maximum absolute atomic E-state index is 12.0. The quantitative estimate of drug-likeness (QED) is 0.309. The summed E-state index contributed by atoms with van der Waals surface area (Å²) in [6, 6.07) is 5.54. The van der Waals surface area contributed by atoms with Crippen molar-refractivity contribution in [1.29, 1.82) is 5.26 Å². The van der Waals surface area contributed by atoms with E-state index in [1.54, 1.807) is 12.3 Å². The molecule has 0 saturated carbocycles. The van der Waals surface area contributed by atoms with Gasteiger partial charge in [-0.05, 0) is 25.5 Å². The highest BCUT2D eigenvalue weighted by atomic mass is 16.6. The van der Waals surface area contributed by atoms with Crippen LogP contribution in [0.1, 0.15) is 32.4 Å². The number of nitriles is 1. The zero-order valence-electron chi connectivity index (χ0n) is 13.1. The molecule has 1 rings (SSSR count). The molecule has 0 unspecified atom stereocenters. The number of allylic oxidation sites excluding steroid dienone is 1. The van der Waals surface area contributed by atoms with Crippen molar-refractivity contribution in [2.45, 2.75) is 33.2 Å². The lowest BCUT2D eigenvalue weighted by Crippen LogP contribution is -2.20. The number of carbonyl (C=O) groups is 1. The summed E-state index contributed by atoms with van der Waals surface area (Å²) in [6.07, 6.45) is 2.97. The van der Waals surface area contributed by atoms with Crippen LogP contribution in [0.3, 0.4) is 0 Å². The molecule has 0 fully saturated rings. The van der Waals surface area contributed by atoms with Crippen molar-refractivity contribution in [3.05, 3.63) is 35.4 Å². The summed E-state index contributed by atoms with van der Waals surface area (Å²) in [5, 5.41) is 12.3. The molecule has 0 bridgehead atoms. The first kappa shape index (κ1) is 17.8. The van der Waals surface area contributed by atoms with Gasteiger partial charge in [0.1, 0.15) is 18.4 Å². The smallest absolute Gasteiger partial charge is 0.350 e. The molecule has 0 aromatic carbocycles. The second-order valence-electron chi connectivity index (χ2n) is 4.48. The Labute approximate surface area is 130 Å². The Morgan fingerprint density at radius 1 is 1.41 bits per heavy atom. The summed E-state index contributed by atoms with van der Waals surface area (Å²) in [7, 11) is 0. The van der Waals surface area contributed by atoms with E-state index in [-0.39, 0.29) is 12.2 Å². The van der Waals surface area contributed by atoms with Gasteiger partial charge < -0.3 is 19.2 Å². The SMILES string of the molecule is CCC/C(NCc1ccco1)=C(\C#N)C(=O)OCCOCC. The molecule has 1 heterocycles. The molecule has 6 heteroatoms. The number of esters is 1. The third-order valence-corrected chi connectivity index (χ3v) is 2.84. The zero-order valence-corrected chi connectivity index (χ0v) is 13.1. The summed E-state index contributed by atoms with van der Waals surface area (Å²) in [5.41, 5.74) is 0.577. The predicted molar refractivity (Wildman–Crippen MR) is 80.5 cm³/mol. The fourth-order valence-electron chi connectivity index (χ4n) is 1.80. The van der Waals surface area contributed by atoms with E-state index in [2.05, 4.69) is 5.32 Å². The maximum atomic E-state index is 12.0. The molecule has 1 aromatic rings. The van der Waals surface area contributed by atoms with Crippen LogP contribution in [0.4, 0.5) is 0 Å². The number of furan rings is 1. The Morgan fingerprint density at radius 2 is 2.23 bits per heavy atom. The standard InChI is InChI=1S/C16H22N2O4/c1-3-6-15(18-12-13-7-5-8-21-13)14(11-17)16(19)22-10-9-20-4-2/h5,7-8,18H,3-4,6,9-10,12H2,1-2H3/b15-14-. The van der Waals surface area contributed by atoms with Crippen molar-refractivity contribution in [3.63, 3.8) is 0 Å². The Balaban J connectivity index is 2.69. The predicted octanol–water partition coefficient (Wildman–Crippen LogP) is 2.53. The van der Waals surface area contributed by atoms with Crippen LogP contribution in [0.25, 0.3) is 0 Å². The van der Waals surface area contributed by atoms with Crippen LogP contribution in [-0.2, 0) is 20.8 Å². The molecular weight excluding hydrogens is 284 g/mol. The fourth-order valence-corrected chi connectivity index (χ4v) is 1.80. The summed E-state index contributed by atoms with van der Waals surface area (Å²) in [5.74, 6) is 0.105. The lowest BCUT2D eigenvalue weighted by Gasteiger charge is -2.12. The summed E-state index contributed by atoms with van der Waals surface area (Å²) in [6.45, 7) is 5.27. The highest BCUT2D eigenvalue weighted by Crippen LogP contribution is 2.11. The van der Waals surface area contributed by atoms with Crippen LogP contribution in [-0.4, -0.2) is 25.8 Å². The number of hydrogen-bond donors (Lipinski definition) is 1. The van der Waals surface area contributed by atoms with Crippen LogP contribution >= 0.6 is 0 Å². The maximum Gasteiger partial charge on any atom is 0.350 e. The number of ether oxygens (including phenoxy) is 2. The van der Waals surface area contributed by atoms with Gasteiger partial charge in [-0.1, -0.05) is 13.3 Å². The second-order valence-corrected chi connectivity index (χ2v) is 4.48. The van der Waals surface area contributed by atoms with Crippen LogP contribution < -0.4 is 5.32 Å². The lowest BCUT2D eigenvalue weighted by atomic mass is 10.1. The van der Waals surface area contributed by atoms with Gasteiger partial charge in [-0.15, -0.1) is 0 Å². The summed E-state index contributed by atoms with van der Waals surface area (Å²) < 4.78 is 15.4. The molecule has 0 aliphatic carbocycles. The van der Waals surface area contributed by atoms with Crippen LogP contribution in [0.2, 0.25) is 0 Å². The van der Waals surface area contributed by atoms with Gasteiger partial charge in [0.25, 0.3) is 0 Å². The van der Waals surface area contributed by atoms with Crippen LogP contribution in [0, 0.1) is 11.3 Å². The number of rotatable bonds is 10. The van der Waals surface area contributed by atoms with Gasteiger partial charge in [0.05, 0.1) is 19.4 Å². The molecule has 0 atom stereocenters. The summed E-state index contributed by atoms with van der Waals surface area (Å²) in [4.78, 5) is 12.0. The minimum atomic E-state index is -0.627.